The van der Waals surface area contributed by atoms with Crippen LogP contribution < -0.4 is 0 Å². The zero-order chi connectivity index (χ0) is 8.97. The predicted octanol–water partition coefficient (Wildman–Crippen LogP) is 2.38. The van der Waals surface area contributed by atoms with Crippen LogP contribution in [0.4, 0.5) is 0 Å². The van der Waals surface area contributed by atoms with E-state index in [9.17, 15) is 4.79 Å². The highest BCUT2D eigenvalue weighted by atomic mass is 16.5. The monoisotopic (exact) mass is 170 g/mol. The van der Waals surface area contributed by atoms with Gasteiger partial charge in [0, 0.05) is 0 Å². The van der Waals surface area contributed by atoms with Crippen LogP contribution in [0.15, 0.2) is 0 Å². The normalized spacial score (nSPS) is 26.8. The molecule has 1 fully saturated rings. The van der Waals surface area contributed by atoms with Gasteiger partial charge in [-0.3, -0.25) is 4.79 Å². The van der Waals surface area contributed by atoms with Crippen LogP contribution >= 0.6 is 0 Å². The standard InChI is InChI=1S/C10H18O2/c1-3-4-5-6-8-7-9(8)10(11)12-2/h8-9H,3-7H2,1-2H3. The molecule has 0 saturated heterocycles. The summed E-state index contributed by atoms with van der Waals surface area (Å²) in [4.78, 5) is 11.0. The summed E-state index contributed by atoms with van der Waals surface area (Å²) < 4.78 is 4.67. The highest BCUT2D eigenvalue weighted by Gasteiger charge is 2.42. The first-order chi connectivity index (χ1) is 5.79. The van der Waals surface area contributed by atoms with E-state index < -0.39 is 0 Å². The van der Waals surface area contributed by atoms with Crippen molar-refractivity contribution in [3.8, 4) is 0 Å². The Balaban J connectivity index is 2.04. The topological polar surface area (TPSA) is 26.3 Å². The first-order valence-corrected chi connectivity index (χ1v) is 4.87. The fourth-order valence-electron chi connectivity index (χ4n) is 1.66. The van der Waals surface area contributed by atoms with Crippen LogP contribution in [0, 0.1) is 11.8 Å². The SMILES string of the molecule is CCCCCC1CC1C(=O)OC. The molecule has 0 bridgehead atoms. The van der Waals surface area contributed by atoms with E-state index in [2.05, 4.69) is 11.7 Å². The molecule has 0 radical (unpaired) electrons. The molecule has 1 aliphatic carbocycles. The molecule has 1 rings (SSSR count). The fraction of sp³-hybridized carbons (Fsp3) is 0.900. The number of carbonyl (C=O) groups excluding carboxylic acids is 1. The van der Waals surface area contributed by atoms with E-state index in [0.29, 0.717) is 5.92 Å². The van der Waals surface area contributed by atoms with Crippen molar-refractivity contribution in [3.05, 3.63) is 0 Å². The van der Waals surface area contributed by atoms with Gasteiger partial charge in [-0.2, -0.15) is 0 Å². The molecule has 0 N–H and O–H groups in total. The molecule has 2 nitrogen and oxygen atoms in total. The zero-order valence-corrected chi connectivity index (χ0v) is 8.01. The highest BCUT2D eigenvalue weighted by Crippen LogP contribution is 2.43. The molecule has 2 heteroatoms. The van der Waals surface area contributed by atoms with E-state index in [1.54, 1.807) is 0 Å². The van der Waals surface area contributed by atoms with E-state index >= 15 is 0 Å². The van der Waals surface area contributed by atoms with Gasteiger partial charge in [0.15, 0.2) is 0 Å². The number of rotatable bonds is 5. The minimum atomic E-state index is -0.00324. The maximum atomic E-state index is 11.0. The number of methoxy groups -OCH3 is 1. The van der Waals surface area contributed by atoms with Crippen LogP contribution in [-0.4, -0.2) is 13.1 Å². The van der Waals surface area contributed by atoms with Crippen molar-refractivity contribution in [3.63, 3.8) is 0 Å². The molecule has 0 aromatic rings. The first kappa shape index (κ1) is 9.56. The molecule has 0 aliphatic heterocycles. The third-order valence-electron chi connectivity index (χ3n) is 2.60. The Hall–Kier alpha value is -0.530. The lowest BCUT2D eigenvalue weighted by Gasteiger charge is -1.97. The third kappa shape index (κ3) is 2.50. The predicted molar refractivity (Wildman–Crippen MR) is 47.8 cm³/mol. The van der Waals surface area contributed by atoms with Gasteiger partial charge in [-0.15, -0.1) is 0 Å². The average Bonchev–Trinajstić information content (AvgIpc) is 2.83. The van der Waals surface area contributed by atoms with Crippen molar-refractivity contribution >= 4 is 5.97 Å². The fourth-order valence-corrected chi connectivity index (χ4v) is 1.66. The summed E-state index contributed by atoms with van der Waals surface area (Å²) in [5.41, 5.74) is 0. The molecule has 0 amide bonds. The van der Waals surface area contributed by atoms with Crippen LogP contribution in [0.3, 0.4) is 0 Å². The molecule has 2 atom stereocenters. The van der Waals surface area contributed by atoms with Crippen molar-refractivity contribution in [2.75, 3.05) is 7.11 Å². The lowest BCUT2D eigenvalue weighted by atomic mass is 10.1. The second kappa shape index (κ2) is 4.48. The van der Waals surface area contributed by atoms with Gasteiger partial charge in [-0.1, -0.05) is 26.2 Å². The number of hydrogen-bond donors (Lipinski definition) is 0. The summed E-state index contributed by atoms with van der Waals surface area (Å²) in [6.45, 7) is 2.20. The Kier molecular flexibility index (Phi) is 3.57. The van der Waals surface area contributed by atoms with Crippen molar-refractivity contribution < 1.29 is 9.53 Å². The van der Waals surface area contributed by atoms with Gasteiger partial charge in [0.05, 0.1) is 13.0 Å². The van der Waals surface area contributed by atoms with E-state index in [1.807, 2.05) is 0 Å². The van der Waals surface area contributed by atoms with E-state index in [1.165, 1.54) is 32.8 Å². The van der Waals surface area contributed by atoms with Crippen molar-refractivity contribution in [1.82, 2.24) is 0 Å². The Morgan fingerprint density at radius 3 is 2.83 bits per heavy atom. The molecule has 70 valence electrons. The van der Waals surface area contributed by atoms with Gasteiger partial charge in [0.2, 0.25) is 0 Å². The second-order valence-corrected chi connectivity index (χ2v) is 3.62. The van der Waals surface area contributed by atoms with Gasteiger partial charge < -0.3 is 4.74 Å². The molecule has 2 unspecified atom stereocenters. The highest BCUT2D eigenvalue weighted by molar-refractivity contribution is 5.75. The van der Waals surface area contributed by atoms with Gasteiger partial charge in [-0.25, -0.2) is 0 Å². The van der Waals surface area contributed by atoms with E-state index in [0.717, 1.165) is 6.42 Å². The number of esters is 1. The molecule has 0 aromatic carbocycles. The maximum Gasteiger partial charge on any atom is 0.308 e. The number of hydrogen-bond acceptors (Lipinski definition) is 2. The minimum Gasteiger partial charge on any atom is -0.469 e. The maximum absolute atomic E-state index is 11.0. The van der Waals surface area contributed by atoms with Crippen LogP contribution in [-0.2, 0) is 9.53 Å². The molecule has 1 aliphatic rings. The lowest BCUT2D eigenvalue weighted by molar-refractivity contribution is -0.142. The van der Waals surface area contributed by atoms with Crippen LogP contribution in [0.2, 0.25) is 0 Å². The minimum absolute atomic E-state index is 0.00324. The Morgan fingerprint density at radius 1 is 1.50 bits per heavy atom. The quantitative estimate of drug-likeness (QED) is 0.467. The molecule has 0 heterocycles. The number of unbranched alkanes of at least 4 members (excludes halogenated alkanes) is 2. The summed E-state index contributed by atoms with van der Waals surface area (Å²) in [5.74, 6) is 0.882. The lowest BCUT2D eigenvalue weighted by Crippen LogP contribution is -2.04. The Bertz CT molecular complexity index is 154. The van der Waals surface area contributed by atoms with Crippen LogP contribution in [0.5, 0.6) is 0 Å². The molecule has 1 saturated carbocycles. The van der Waals surface area contributed by atoms with Crippen molar-refractivity contribution in [2.45, 2.75) is 39.0 Å². The van der Waals surface area contributed by atoms with Crippen LogP contribution in [0.1, 0.15) is 39.0 Å². The molecule has 0 aromatic heterocycles. The van der Waals surface area contributed by atoms with E-state index in [-0.39, 0.29) is 11.9 Å². The third-order valence-corrected chi connectivity index (χ3v) is 2.60. The van der Waals surface area contributed by atoms with Crippen molar-refractivity contribution in [2.24, 2.45) is 11.8 Å². The number of ether oxygens (including phenoxy) is 1. The summed E-state index contributed by atoms with van der Waals surface area (Å²) >= 11 is 0. The summed E-state index contributed by atoms with van der Waals surface area (Å²) in [5, 5.41) is 0. The molecular formula is C10H18O2. The zero-order valence-electron chi connectivity index (χ0n) is 8.01. The van der Waals surface area contributed by atoms with Gasteiger partial charge in [0.25, 0.3) is 0 Å². The molecular weight excluding hydrogens is 152 g/mol. The summed E-state index contributed by atoms with van der Waals surface area (Å²) in [7, 11) is 1.48. The first-order valence-electron chi connectivity index (χ1n) is 4.87. The second-order valence-electron chi connectivity index (χ2n) is 3.62. The largest absolute Gasteiger partial charge is 0.469 e. The molecule has 0 spiro atoms. The van der Waals surface area contributed by atoms with Gasteiger partial charge in [-0.05, 0) is 18.8 Å². The Morgan fingerprint density at radius 2 is 2.25 bits per heavy atom. The average molecular weight is 170 g/mol. The van der Waals surface area contributed by atoms with Crippen molar-refractivity contribution in [1.29, 1.82) is 0 Å². The van der Waals surface area contributed by atoms with Crippen LogP contribution in [0.25, 0.3) is 0 Å². The van der Waals surface area contributed by atoms with E-state index in [4.69, 9.17) is 0 Å². The summed E-state index contributed by atoms with van der Waals surface area (Å²) in [6.07, 6.45) is 6.11. The molecule has 12 heavy (non-hydrogen) atoms. The number of carbonyl (C=O) groups is 1. The smallest absolute Gasteiger partial charge is 0.308 e. The van der Waals surface area contributed by atoms with Gasteiger partial charge >= 0.3 is 5.97 Å². The Labute approximate surface area is 74.3 Å². The summed E-state index contributed by atoms with van der Waals surface area (Å²) in [6, 6.07) is 0. The van der Waals surface area contributed by atoms with Gasteiger partial charge in [0.1, 0.15) is 0 Å².